The van der Waals surface area contributed by atoms with Crippen LogP contribution in [-0.4, -0.2) is 30.8 Å². The summed E-state index contributed by atoms with van der Waals surface area (Å²) in [7, 11) is 0. The summed E-state index contributed by atoms with van der Waals surface area (Å²) >= 11 is 0. The van der Waals surface area contributed by atoms with Crippen molar-refractivity contribution < 1.29 is 9.50 Å². The number of nitrogen functional groups attached to an aromatic ring is 1. The number of benzene rings is 1. The molecule has 0 aliphatic carbocycles. The molecule has 4 rings (SSSR count). The highest BCUT2D eigenvalue weighted by atomic mass is 19.1. The first kappa shape index (κ1) is 20.1. The van der Waals surface area contributed by atoms with E-state index in [9.17, 15) is 9.50 Å². The summed E-state index contributed by atoms with van der Waals surface area (Å²) in [6, 6.07) is 13.7. The number of rotatable bonds is 6. The molecule has 0 saturated heterocycles. The quantitative estimate of drug-likeness (QED) is 0.357. The third-order valence-corrected chi connectivity index (χ3v) is 4.65. The maximum Gasteiger partial charge on any atom is 0.141 e. The number of hydrogen-bond donors (Lipinski definition) is 4. The topological polar surface area (TPSA) is 125 Å². The van der Waals surface area contributed by atoms with E-state index < -0.39 is 5.82 Å². The van der Waals surface area contributed by atoms with Gasteiger partial charge >= 0.3 is 0 Å². The number of nitrogens with zero attached hydrogens (tertiary/aromatic N) is 3. The standard InChI is InChI=1S/C23H19FN6O/c24-16-7-9-19(28-12-16)18(25)8-10-20-29-21(15-5-3-14(13-31)4-6-15)22(30-20)17-2-1-11-27-23(17)26/h1-12,25,31H,13H2,(H2,26,27)(H,29,30)/b10-8-,25-18?. The number of allylic oxidation sites excluding steroid dienone is 1. The smallest absolute Gasteiger partial charge is 0.141 e. The zero-order valence-electron chi connectivity index (χ0n) is 16.4. The van der Waals surface area contributed by atoms with Crippen LogP contribution in [0.3, 0.4) is 0 Å². The minimum atomic E-state index is -0.456. The number of halogens is 1. The maximum atomic E-state index is 13.1. The van der Waals surface area contributed by atoms with Crippen LogP contribution >= 0.6 is 0 Å². The molecule has 1 aromatic carbocycles. The second-order valence-corrected chi connectivity index (χ2v) is 6.75. The molecule has 3 aromatic heterocycles. The molecule has 0 atom stereocenters. The van der Waals surface area contributed by atoms with Crippen LogP contribution in [0.5, 0.6) is 0 Å². The number of pyridine rings is 2. The van der Waals surface area contributed by atoms with Crippen LogP contribution in [0.1, 0.15) is 17.1 Å². The molecule has 0 aliphatic rings. The van der Waals surface area contributed by atoms with E-state index in [0.717, 1.165) is 17.3 Å². The Morgan fingerprint density at radius 1 is 1.13 bits per heavy atom. The Balaban J connectivity index is 1.73. The number of hydrogen-bond acceptors (Lipinski definition) is 6. The summed E-state index contributed by atoms with van der Waals surface area (Å²) < 4.78 is 13.1. The van der Waals surface area contributed by atoms with Gasteiger partial charge in [-0.05, 0) is 42.0 Å². The number of aliphatic hydroxyl groups is 1. The number of aromatic nitrogens is 4. The number of imidazole rings is 1. The second kappa shape index (κ2) is 8.68. The van der Waals surface area contributed by atoms with Gasteiger partial charge in [-0.25, -0.2) is 14.4 Å². The Kier molecular flexibility index (Phi) is 5.63. The fourth-order valence-electron chi connectivity index (χ4n) is 3.05. The first-order valence-electron chi connectivity index (χ1n) is 9.45. The molecule has 0 amide bonds. The lowest BCUT2D eigenvalue weighted by molar-refractivity contribution is 0.282. The van der Waals surface area contributed by atoms with Gasteiger partial charge in [-0.2, -0.15) is 0 Å². The van der Waals surface area contributed by atoms with Crippen molar-refractivity contribution in [2.45, 2.75) is 6.61 Å². The van der Waals surface area contributed by atoms with Crippen LogP contribution in [0, 0.1) is 11.2 Å². The van der Waals surface area contributed by atoms with Gasteiger partial charge in [0.15, 0.2) is 0 Å². The van der Waals surface area contributed by atoms with Crippen molar-refractivity contribution in [1.82, 2.24) is 19.9 Å². The van der Waals surface area contributed by atoms with Gasteiger partial charge in [0.1, 0.15) is 17.5 Å². The van der Waals surface area contributed by atoms with E-state index in [1.54, 1.807) is 18.3 Å². The molecule has 4 aromatic rings. The van der Waals surface area contributed by atoms with E-state index in [2.05, 4.69) is 19.9 Å². The highest BCUT2D eigenvalue weighted by Crippen LogP contribution is 2.33. The Morgan fingerprint density at radius 2 is 1.94 bits per heavy atom. The largest absolute Gasteiger partial charge is 0.392 e. The molecule has 3 heterocycles. The van der Waals surface area contributed by atoms with Crippen molar-refractivity contribution in [3.63, 3.8) is 0 Å². The Labute approximate surface area is 177 Å². The van der Waals surface area contributed by atoms with Crippen LogP contribution in [0.25, 0.3) is 28.6 Å². The number of H-pyrrole nitrogens is 1. The molecular formula is C23H19FN6O. The molecule has 8 heteroatoms. The van der Waals surface area contributed by atoms with Gasteiger partial charge in [0.25, 0.3) is 0 Å². The van der Waals surface area contributed by atoms with Crippen LogP contribution in [0.4, 0.5) is 10.2 Å². The highest BCUT2D eigenvalue weighted by Gasteiger charge is 2.16. The minimum absolute atomic E-state index is 0.0449. The number of aliphatic hydroxyl groups excluding tert-OH is 1. The van der Waals surface area contributed by atoms with Gasteiger partial charge < -0.3 is 15.8 Å². The highest BCUT2D eigenvalue weighted by molar-refractivity contribution is 6.07. The average molecular weight is 414 g/mol. The average Bonchev–Trinajstić information content (AvgIpc) is 3.22. The molecule has 7 nitrogen and oxygen atoms in total. The zero-order valence-corrected chi connectivity index (χ0v) is 16.4. The van der Waals surface area contributed by atoms with E-state index in [-0.39, 0.29) is 12.3 Å². The van der Waals surface area contributed by atoms with Crippen molar-refractivity contribution in [1.29, 1.82) is 5.41 Å². The predicted molar refractivity (Wildman–Crippen MR) is 118 cm³/mol. The van der Waals surface area contributed by atoms with Crippen LogP contribution < -0.4 is 5.73 Å². The third-order valence-electron chi connectivity index (χ3n) is 4.65. The lowest BCUT2D eigenvalue weighted by Gasteiger charge is -2.06. The molecule has 0 spiro atoms. The Hall–Kier alpha value is -4.17. The molecule has 0 unspecified atom stereocenters. The SMILES string of the molecule is N=C(/C=C\c1nc(-c2ccc(CO)cc2)c(-c2cccnc2N)[nH]1)c1ccc(F)cn1. The lowest BCUT2D eigenvalue weighted by Crippen LogP contribution is -1.98. The predicted octanol–water partition coefficient (Wildman–Crippen LogP) is 3.83. The van der Waals surface area contributed by atoms with Gasteiger partial charge in [0.05, 0.1) is 35.6 Å². The van der Waals surface area contributed by atoms with E-state index >= 15 is 0 Å². The van der Waals surface area contributed by atoms with E-state index in [4.69, 9.17) is 11.1 Å². The first-order chi connectivity index (χ1) is 15.0. The maximum absolute atomic E-state index is 13.1. The second-order valence-electron chi connectivity index (χ2n) is 6.75. The van der Waals surface area contributed by atoms with E-state index in [0.29, 0.717) is 34.3 Å². The van der Waals surface area contributed by atoms with Crippen molar-refractivity contribution in [2.75, 3.05) is 5.73 Å². The molecule has 0 fully saturated rings. The minimum Gasteiger partial charge on any atom is -0.392 e. The third kappa shape index (κ3) is 4.39. The van der Waals surface area contributed by atoms with Crippen molar-refractivity contribution in [3.8, 4) is 22.5 Å². The summed E-state index contributed by atoms with van der Waals surface area (Å²) in [5, 5.41) is 17.5. The molecule has 0 saturated carbocycles. The van der Waals surface area contributed by atoms with E-state index in [1.165, 1.54) is 18.2 Å². The van der Waals surface area contributed by atoms with Gasteiger partial charge in [-0.3, -0.25) is 10.4 Å². The van der Waals surface area contributed by atoms with Crippen LogP contribution in [-0.2, 0) is 6.61 Å². The molecule has 0 bridgehead atoms. The lowest BCUT2D eigenvalue weighted by atomic mass is 10.0. The summed E-state index contributed by atoms with van der Waals surface area (Å²) in [5.41, 5.74) is 10.2. The summed E-state index contributed by atoms with van der Waals surface area (Å²) in [5.74, 6) is 0.409. The van der Waals surface area contributed by atoms with Crippen LogP contribution in [0.15, 0.2) is 67.0 Å². The molecule has 31 heavy (non-hydrogen) atoms. The zero-order chi connectivity index (χ0) is 21.8. The molecule has 5 N–H and O–H groups in total. The normalized spacial score (nSPS) is 11.2. The van der Waals surface area contributed by atoms with Gasteiger partial charge in [0, 0.05) is 17.3 Å². The monoisotopic (exact) mass is 414 g/mol. The van der Waals surface area contributed by atoms with Gasteiger partial charge in [-0.1, -0.05) is 24.3 Å². The van der Waals surface area contributed by atoms with Gasteiger partial charge in [0.2, 0.25) is 0 Å². The summed E-state index contributed by atoms with van der Waals surface area (Å²) in [6.45, 7) is -0.0449. The fourth-order valence-corrected chi connectivity index (χ4v) is 3.05. The Bertz CT molecular complexity index is 1250. The van der Waals surface area contributed by atoms with Crippen molar-refractivity contribution >= 4 is 17.6 Å². The number of anilines is 1. The Morgan fingerprint density at radius 3 is 2.61 bits per heavy atom. The molecule has 0 aliphatic heterocycles. The van der Waals surface area contributed by atoms with Crippen LogP contribution in [0.2, 0.25) is 0 Å². The molecule has 154 valence electrons. The number of aromatic amines is 1. The summed E-state index contributed by atoms with van der Waals surface area (Å²) in [4.78, 5) is 16.0. The first-order valence-corrected chi connectivity index (χ1v) is 9.45. The van der Waals surface area contributed by atoms with E-state index in [1.807, 2.05) is 30.3 Å². The summed E-state index contributed by atoms with van der Waals surface area (Å²) in [6.07, 6.45) is 5.87. The van der Waals surface area contributed by atoms with Crippen molar-refractivity contribution in [2.24, 2.45) is 0 Å². The van der Waals surface area contributed by atoms with Crippen molar-refractivity contribution in [3.05, 3.63) is 89.9 Å². The number of nitrogens with one attached hydrogen (secondary N) is 2. The molecule has 0 radical (unpaired) electrons. The molecular weight excluding hydrogens is 395 g/mol. The fraction of sp³-hybridized carbons (Fsp3) is 0.0435. The number of nitrogens with two attached hydrogens (primary N) is 1. The van der Waals surface area contributed by atoms with Gasteiger partial charge in [-0.15, -0.1) is 0 Å².